The summed E-state index contributed by atoms with van der Waals surface area (Å²) >= 11 is 0. The van der Waals surface area contributed by atoms with Crippen molar-refractivity contribution in [2.24, 2.45) is 0 Å². The topological polar surface area (TPSA) is 84.7 Å². The number of hydrogen-bond donors (Lipinski definition) is 1. The summed E-state index contributed by atoms with van der Waals surface area (Å²) in [4.78, 5) is 24.6. The van der Waals surface area contributed by atoms with Gasteiger partial charge in [-0.15, -0.1) is 13.2 Å². The molecule has 1 unspecified atom stereocenters. The fourth-order valence-corrected chi connectivity index (χ4v) is 2.51. The standard InChI is InChI=1S/C18H18F3N3O4/c1-11(12-4-7-14(8-5-12)28-18(19,20)21)22-17(25)13-6-9-15(23(2)3)16(10-13)24(26)27/h4-11H,1-3H3,(H,22,25). The SMILES string of the molecule is CC(NC(=O)c1ccc(N(C)C)c([N+](=O)[O-])c1)c1ccc(OC(F)(F)F)cc1. The predicted molar refractivity (Wildman–Crippen MR) is 96.4 cm³/mol. The lowest BCUT2D eigenvalue weighted by atomic mass is 10.1. The van der Waals surface area contributed by atoms with Crippen LogP contribution in [-0.4, -0.2) is 31.3 Å². The van der Waals surface area contributed by atoms with Gasteiger partial charge in [-0.2, -0.15) is 0 Å². The summed E-state index contributed by atoms with van der Waals surface area (Å²) in [6.45, 7) is 1.64. The van der Waals surface area contributed by atoms with Crippen molar-refractivity contribution in [1.29, 1.82) is 0 Å². The molecule has 2 rings (SSSR count). The average Bonchev–Trinajstić information content (AvgIpc) is 2.60. The molecule has 0 fully saturated rings. The molecule has 0 saturated heterocycles. The van der Waals surface area contributed by atoms with Gasteiger partial charge < -0.3 is 15.0 Å². The molecule has 28 heavy (non-hydrogen) atoms. The van der Waals surface area contributed by atoms with Crippen molar-refractivity contribution in [3.63, 3.8) is 0 Å². The molecule has 1 N–H and O–H groups in total. The Morgan fingerprint density at radius 3 is 2.29 bits per heavy atom. The fourth-order valence-electron chi connectivity index (χ4n) is 2.51. The number of benzene rings is 2. The Morgan fingerprint density at radius 1 is 1.18 bits per heavy atom. The Balaban J connectivity index is 2.14. The van der Waals surface area contributed by atoms with Crippen LogP contribution < -0.4 is 15.0 Å². The summed E-state index contributed by atoms with van der Waals surface area (Å²) in [5.74, 6) is -0.916. The van der Waals surface area contributed by atoms with Crippen LogP contribution in [0.4, 0.5) is 24.5 Å². The second-order valence-corrected chi connectivity index (χ2v) is 6.17. The van der Waals surface area contributed by atoms with Gasteiger partial charge in [0.1, 0.15) is 11.4 Å². The van der Waals surface area contributed by atoms with Crippen molar-refractivity contribution in [3.8, 4) is 5.75 Å². The van der Waals surface area contributed by atoms with Crippen molar-refractivity contribution in [3.05, 3.63) is 63.7 Å². The van der Waals surface area contributed by atoms with Gasteiger partial charge >= 0.3 is 6.36 Å². The quantitative estimate of drug-likeness (QED) is 0.587. The molecular formula is C18H18F3N3O4. The van der Waals surface area contributed by atoms with Crippen LogP contribution in [0.5, 0.6) is 5.75 Å². The zero-order valence-corrected chi connectivity index (χ0v) is 15.3. The monoisotopic (exact) mass is 397 g/mol. The number of carbonyl (C=O) groups excluding carboxylic acids is 1. The Kier molecular flexibility index (Phi) is 6.12. The van der Waals surface area contributed by atoms with Crippen molar-refractivity contribution >= 4 is 17.3 Å². The van der Waals surface area contributed by atoms with Crippen LogP contribution in [-0.2, 0) is 0 Å². The molecule has 0 radical (unpaired) electrons. The smallest absolute Gasteiger partial charge is 0.406 e. The van der Waals surface area contributed by atoms with E-state index in [9.17, 15) is 28.1 Å². The number of amides is 1. The number of hydrogen-bond acceptors (Lipinski definition) is 5. The summed E-state index contributed by atoms with van der Waals surface area (Å²) in [7, 11) is 3.30. The number of alkyl halides is 3. The molecular weight excluding hydrogens is 379 g/mol. The average molecular weight is 397 g/mol. The van der Waals surface area contributed by atoms with E-state index in [0.29, 0.717) is 11.3 Å². The Bertz CT molecular complexity index is 867. The van der Waals surface area contributed by atoms with Crippen LogP contribution in [0.25, 0.3) is 0 Å². The maximum absolute atomic E-state index is 12.4. The third kappa shape index (κ3) is 5.35. The number of rotatable bonds is 6. The Labute approximate surface area is 158 Å². The molecule has 0 aliphatic carbocycles. The van der Waals surface area contributed by atoms with E-state index in [4.69, 9.17) is 0 Å². The second-order valence-electron chi connectivity index (χ2n) is 6.17. The van der Waals surface area contributed by atoms with Gasteiger partial charge in [0.25, 0.3) is 11.6 Å². The summed E-state index contributed by atoms with van der Waals surface area (Å²) in [5.41, 5.74) is 0.789. The summed E-state index contributed by atoms with van der Waals surface area (Å²) < 4.78 is 40.4. The van der Waals surface area contributed by atoms with Crippen LogP contribution in [0.3, 0.4) is 0 Å². The molecule has 0 spiro atoms. The van der Waals surface area contributed by atoms with Gasteiger partial charge in [-0.3, -0.25) is 14.9 Å². The van der Waals surface area contributed by atoms with E-state index in [2.05, 4.69) is 10.1 Å². The minimum absolute atomic E-state index is 0.0983. The number of nitrogens with one attached hydrogen (secondary N) is 1. The molecule has 1 amide bonds. The van der Waals surface area contributed by atoms with Gasteiger partial charge in [0, 0.05) is 25.7 Å². The molecule has 10 heteroatoms. The Morgan fingerprint density at radius 2 is 1.79 bits per heavy atom. The lowest BCUT2D eigenvalue weighted by Gasteiger charge is -2.17. The molecule has 0 bridgehead atoms. The number of carbonyl (C=O) groups is 1. The molecule has 0 saturated carbocycles. The molecule has 2 aromatic rings. The zero-order valence-electron chi connectivity index (χ0n) is 15.3. The molecule has 1 atom stereocenters. The van der Waals surface area contributed by atoms with Crippen LogP contribution in [0.1, 0.15) is 28.9 Å². The van der Waals surface area contributed by atoms with Crippen molar-refractivity contribution in [2.45, 2.75) is 19.3 Å². The highest BCUT2D eigenvalue weighted by molar-refractivity contribution is 5.96. The number of nitro groups is 1. The van der Waals surface area contributed by atoms with Crippen LogP contribution in [0.15, 0.2) is 42.5 Å². The second kappa shape index (κ2) is 8.15. The lowest BCUT2D eigenvalue weighted by molar-refractivity contribution is -0.384. The summed E-state index contributed by atoms with van der Waals surface area (Å²) in [5, 5.41) is 13.9. The van der Waals surface area contributed by atoms with Gasteiger partial charge in [-0.1, -0.05) is 12.1 Å². The fraction of sp³-hybridized carbons (Fsp3) is 0.278. The minimum Gasteiger partial charge on any atom is -0.406 e. The first kappa shape index (κ1) is 21.0. The van der Waals surface area contributed by atoms with Gasteiger partial charge in [0.15, 0.2) is 0 Å². The van der Waals surface area contributed by atoms with Gasteiger partial charge in [-0.25, -0.2) is 0 Å². The Hall–Kier alpha value is -3.30. The van der Waals surface area contributed by atoms with E-state index in [1.165, 1.54) is 30.3 Å². The number of halogens is 3. The molecule has 0 aromatic heterocycles. The van der Waals surface area contributed by atoms with Crippen LogP contribution in [0, 0.1) is 10.1 Å². The number of anilines is 1. The van der Waals surface area contributed by atoms with Crippen molar-refractivity contribution in [1.82, 2.24) is 5.32 Å². The molecule has 7 nitrogen and oxygen atoms in total. The molecule has 0 aliphatic rings. The highest BCUT2D eigenvalue weighted by atomic mass is 19.4. The molecule has 2 aromatic carbocycles. The largest absolute Gasteiger partial charge is 0.573 e. The van der Waals surface area contributed by atoms with E-state index < -0.39 is 23.2 Å². The van der Waals surface area contributed by atoms with E-state index in [-0.39, 0.29) is 17.0 Å². The zero-order chi connectivity index (χ0) is 21.1. The first-order valence-electron chi connectivity index (χ1n) is 8.10. The van der Waals surface area contributed by atoms with Gasteiger partial charge in [0.2, 0.25) is 0 Å². The maximum Gasteiger partial charge on any atom is 0.573 e. The molecule has 0 heterocycles. The van der Waals surface area contributed by atoms with Crippen molar-refractivity contribution < 1.29 is 27.6 Å². The van der Waals surface area contributed by atoms with Crippen LogP contribution >= 0.6 is 0 Å². The van der Waals surface area contributed by atoms with E-state index in [0.717, 1.165) is 12.1 Å². The minimum atomic E-state index is -4.78. The number of ether oxygens (including phenoxy) is 1. The van der Waals surface area contributed by atoms with Crippen LogP contribution in [0.2, 0.25) is 0 Å². The van der Waals surface area contributed by atoms with E-state index >= 15 is 0 Å². The highest BCUT2D eigenvalue weighted by Crippen LogP contribution is 2.28. The highest BCUT2D eigenvalue weighted by Gasteiger charge is 2.31. The molecule has 150 valence electrons. The maximum atomic E-state index is 12.4. The van der Waals surface area contributed by atoms with E-state index in [1.807, 2.05) is 0 Å². The normalized spacial score (nSPS) is 12.2. The third-order valence-electron chi connectivity index (χ3n) is 3.88. The third-order valence-corrected chi connectivity index (χ3v) is 3.88. The van der Waals surface area contributed by atoms with Gasteiger partial charge in [0.05, 0.1) is 11.0 Å². The summed E-state index contributed by atoms with van der Waals surface area (Å²) in [6, 6.07) is 8.64. The number of nitro benzene ring substituents is 1. The summed E-state index contributed by atoms with van der Waals surface area (Å²) in [6.07, 6.45) is -4.78. The van der Waals surface area contributed by atoms with E-state index in [1.54, 1.807) is 25.9 Å². The predicted octanol–water partition coefficient (Wildman–Crippen LogP) is 4.05. The lowest BCUT2D eigenvalue weighted by Crippen LogP contribution is -2.27. The number of nitrogens with zero attached hydrogens (tertiary/aromatic N) is 2. The van der Waals surface area contributed by atoms with Crippen molar-refractivity contribution in [2.75, 3.05) is 19.0 Å². The van der Waals surface area contributed by atoms with Gasteiger partial charge in [-0.05, 0) is 36.8 Å². The first-order valence-corrected chi connectivity index (χ1v) is 8.10. The molecule has 0 aliphatic heterocycles. The first-order chi connectivity index (χ1) is 13.0.